The average molecular weight is 500 g/mol. The summed E-state index contributed by atoms with van der Waals surface area (Å²) in [7, 11) is 0. The fourth-order valence-electron chi connectivity index (χ4n) is 7.09. The van der Waals surface area contributed by atoms with Crippen LogP contribution in [-0.2, 0) is 5.41 Å². The third-order valence-electron chi connectivity index (χ3n) is 8.56. The molecular formula is C36H21NS. The van der Waals surface area contributed by atoms with Crippen molar-refractivity contribution in [2.24, 2.45) is 0 Å². The summed E-state index contributed by atoms with van der Waals surface area (Å²) >= 11 is 1.89. The van der Waals surface area contributed by atoms with Gasteiger partial charge in [-0.3, -0.25) is 4.98 Å². The number of thiophene rings is 1. The predicted molar refractivity (Wildman–Crippen MR) is 159 cm³/mol. The molecule has 7 aromatic rings. The minimum Gasteiger partial charge on any atom is -0.256 e. The molecule has 9 rings (SSSR count). The average Bonchev–Trinajstić information content (AvgIpc) is 3.61. The van der Waals surface area contributed by atoms with Gasteiger partial charge in [-0.25, -0.2) is 0 Å². The van der Waals surface area contributed by atoms with Crippen LogP contribution in [0.2, 0.25) is 0 Å². The largest absolute Gasteiger partial charge is 0.256 e. The molecule has 0 saturated heterocycles. The fraction of sp³-hybridized carbons (Fsp3) is 0.0278. The first-order valence-corrected chi connectivity index (χ1v) is 13.9. The number of aromatic nitrogens is 1. The molecule has 176 valence electrons. The lowest BCUT2D eigenvalue weighted by Crippen LogP contribution is -2.25. The van der Waals surface area contributed by atoms with Crippen molar-refractivity contribution in [3.05, 3.63) is 150 Å². The van der Waals surface area contributed by atoms with E-state index in [4.69, 9.17) is 4.98 Å². The van der Waals surface area contributed by atoms with Crippen molar-refractivity contribution in [1.82, 2.24) is 4.98 Å². The van der Waals surface area contributed by atoms with Gasteiger partial charge in [0.2, 0.25) is 0 Å². The highest BCUT2D eigenvalue weighted by Crippen LogP contribution is 2.62. The Morgan fingerprint density at radius 1 is 0.500 bits per heavy atom. The molecule has 0 radical (unpaired) electrons. The molecule has 2 heterocycles. The molecule has 0 N–H and O–H groups in total. The van der Waals surface area contributed by atoms with Crippen molar-refractivity contribution in [1.29, 1.82) is 0 Å². The first-order valence-electron chi connectivity index (χ1n) is 13.1. The molecule has 2 aromatic heterocycles. The molecule has 0 fully saturated rings. The van der Waals surface area contributed by atoms with E-state index in [-0.39, 0.29) is 5.41 Å². The number of benzene rings is 5. The minimum atomic E-state index is -0.339. The zero-order valence-electron chi connectivity index (χ0n) is 20.5. The highest BCUT2D eigenvalue weighted by Gasteiger charge is 2.52. The third kappa shape index (κ3) is 2.39. The molecule has 1 spiro atoms. The maximum Gasteiger partial charge on any atom is 0.0753 e. The Labute approximate surface area is 224 Å². The lowest BCUT2D eigenvalue weighted by Gasteiger charge is -2.30. The second kappa shape index (κ2) is 7.28. The molecule has 0 atom stereocenters. The molecule has 5 aromatic carbocycles. The molecule has 0 amide bonds. The Bertz CT molecular complexity index is 2050. The third-order valence-corrected chi connectivity index (χ3v) is 9.78. The van der Waals surface area contributed by atoms with E-state index in [0.29, 0.717) is 0 Å². The maximum absolute atomic E-state index is 5.00. The summed E-state index contributed by atoms with van der Waals surface area (Å²) in [4.78, 5) is 5.00. The number of hydrogen-bond acceptors (Lipinski definition) is 2. The highest BCUT2D eigenvalue weighted by atomic mass is 32.1. The number of fused-ring (bicyclic) bond motifs is 13. The second-order valence-corrected chi connectivity index (χ2v) is 11.3. The molecular weight excluding hydrogens is 478 g/mol. The number of pyridine rings is 1. The van der Waals surface area contributed by atoms with Gasteiger partial charge in [0.25, 0.3) is 0 Å². The summed E-state index contributed by atoms with van der Waals surface area (Å²) in [6, 6.07) is 44.7. The van der Waals surface area contributed by atoms with Crippen LogP contribution in [0.15, 0.2) is 128 Å². The number of hydrogen-bond donors (Lipinski definition) is 0. The standard InChI is InChI=1S/C36H21NS/c1-4-14-29-24(9-1)25-10-2-5-15-30(25)36(29)31-19-18-22(21-28(31)34-32(36)16-8-20-37-34)23-12-7-13-27-26-11-3-6-17-33(26)38-35(23)27/h1-21H. The second-order valence-electron chi connectivity index (χ2n) is 10.3. The monoisotopic (exact) mass is 499 g/mol. The minimum absolute atomic E-state index is 0.339. The van der Waals surface area contributed by atoms with Gasteiger partial charge in [0.05, 0.1) is 11.1 Å². The molecule has 0 bridgehead atoms. The van der Waals surface area contributed by atoms with Crippen molar-refractivity contribution >= 4 is 31.5 Å². The molecule has 2 aliphatic rings. The van der Waals surface area contributed by atoms with E-state index in [1.54, 1.807) is 0 Å². The van der Waals surface area contributed by atoms with Gasteiger partial charge in [0.1, 0.15) is 0 Å². The van der Waals surface area contributed by atoms with E-state index >= 15 is 0 Å². The fourth-order valence-corrected chi connectivity index (χ4v) is 8.33. The van der Waals surface area contributed by atoms with Crippen LogP contribution in [0.3, 0.4) is 0 Å². The van der Waals surface area contributed by atoms with Crippen LogP contribution in [-0.4, -0.2) is 4.98 Å². The zero-order chi connectivity index (χ0) is 24.8. The van der Waals surface area contributed by atoms with E-state index in [1.165, 1.54) is 70.2 Å². The van der Waals surface area contributed by atoms with E-state index in [2.05, 4.69) is 121 Å². The van der Waals surface area contributed by atoms with E-state index in [9.17, 15) is 0 Å². The van der Waals surface area contributed by atoms with Gasteiger partial charge in [-0.1, -0.05) is 103 Å². The normalized spacial score (nSPS) is 14.0. The van der Waals surface area contributed by atoms with Gasteiger partial charge >= 0.3 is 0 Å². The van der Waals surface area contributed by atoms with Gasteiger partial charge in [-0.05, 0) is 62.7 Å². The van der Waals surface area contributed by atoms with Crippen LogP contribution < -0.4 is 0 Å². The Hall–Kier alpha value is -4.53. The Kier molecular flexibility index (Phi) is 3.93. The summed E-state index contributed by atoms with van der Waals surface area (Å²) in [6.45, 7) is 0. The quantitative estimate of drug-likeness (QED) is 0.219. The van der Waals surface area contributed by atoms with Crippen LogP contribution in [0, 0.1) is 0 Å². The van der Waals surface area contributed by atoms with Crippen LogP contribution in [0.5, 0.6) is 0 Å². The van der Waals surface area contributed by atoms with Gasteiger partial charge in [-0.2, -0.15) is 0 Å². The van der Waals surface area contributed by atoms with Crippen LogP contribution in [0.25, 0.3) is 53.7 Å². The lowest BCUT2D eigenvalue weighted by molar-refractivity contribution is 0.791. The van der Waals surface area contributed by atoms with Crippen molar-refractivity contribution in [3.63, 3.8) is 0 Å². The Morgan fingerprint density at radius 3 is 2.00 bits per heavy atom. The van der Waals surface area contributed by atoms with E-state index < -0.39 is 0 Å². The van der Waals surface area contributed by atoms with Crippen LogP contribution >= 0.6 is 11.3 Å². The predicted octanol–water partition coefficient (Wildman–Crippen LogP) is 9.46. The van der Waals surface area contributed by atoms with Crippen molar-refractivity contribution in [2.75, 3.05) is 0 Å². The zero-order valence-corrected chi connectivity index (χ0v) is 21.3. The number of rotatable bonds is 1. The van der Waals surface area contributed by atoms with Gasteiger partial charge in [-0.15, -0.1) is 11.3 Å². The van der Waals surface area contributed by atoms with Crippen molar-refractivity contribution in [3.8, 4) is 33.5 Å². The molecule has 0 saturated carbocycles. The number of nitrogens with zero attached hydrogens (tertiary/aromatic N) is 1. The molecule has 2 aliphatic carbocycles. The maximum atomic E-state index is 5.00. The summed E-state index contributed by atoms with van der Waals surface area (Å²) in [5.74, 6) is 0. The summed E-state index contributed by atoms with van der Waals surface area (Å²) in [5, 5.41) is 2.66. The van der Waals surface area contributed by atoms with Gasteiger partial charge in [0, 0.05) is 31.9 Å². The smallest absolute Gasteiger partial charge is 0.0753 e. The van der Waals surface area contributed by atoms with Gasteiger partial charge in [0.15, 0.2) is 0 Å². The van der Waals surface area contributed by atoms with Crippen LogP contribution in [0.1, 0.15) is 22.3 Å². The van der Waals surface area contributed by atoms with Crippen molar-refractivity contribution < 1.29 is 0 Å². The van der Waals surface area contributed by atoms with Crippen LogP contribution in [0.4, 0.5) is 0 Å². The lowest BCUT2D eigenvalue weighted by atomic mass is 9.71. The highest BCUT2D eigenvalue weighted by molar-refractivity contribution is 7.26. The first kappa shape index (κ1) is 20.5. The molecule has 38 heavy (non-hydrogen) atoms. The molecule has 0 unspecified atom stereocenters. The Balaban J connectivity index is 1.36. The SMILES string of the molecule is c1ccc2c(c1)-c1ccccc1C21c2ccc(-c3cccc4c3sc3ccccc34)cc2-c2ncccc21. The molecule has 0 aliphatic heterocycles. The molecule has 1 nitrogen and oxygen atoms in total. The van der Waals surface area contributed by atoms with E-state index in [0.717, 1.165) is 5.69 Å². The van der Waals surface area contributed by atoms with E-state index in [1.807, 2.05) is 17.5 Å². The summed E-state index contributed by atoms with van der Waals surface area (Å²) in [6.07, 6.45) is 1.94. The summed E-state index contributed by atoms with van der Waals surface area (Å²) < 4.78 is 2.68. The van der Waals surface area contributed by atoms with Crippen molar-refractivity contribution in [2.45, 2.75) is 5.41 Å². The topological polar surface area (TPSA) is 12.9 Å². The summed E-state index contributed by atoms with van der Waals surface area (Å²) in [5.41, 5.74) is 12.5. The molecule has 2 heteroatoms. The Morgan fingerprint density at radius 2 is 1.16 bits per heavy atom. The van der Waals surface area contributed by atoms with Gasteiger partial charge < -0.3 is 0 Å². The first-order chi connectivity index (χ1) is 18.9.